The predicted molar refractivity (Wildman–Crippen MR) is 81.0 cm³/mol. The molecule has 2 fully saturated rings. The van der Waals surface area contributed by atoms with Crippen LogP contribution in [-0.4, -0.2) is 41.6 Å². The van der Waals surface area contributed by atoms with Crippen LogP contribution >= 0.6 is 0 Å². The van der Waals surface area contributed by atoms with Gasteiger partial charge in [0.05, 0.1) is 5.41 Å². The normalized spacial score (nSPS) is 30.8. The fourth-order valence-corrected chi connectivity index (χ4v) is 3.73. The first-order chi connectivity index (χ1) is 9.52. The molecule has 0 aromatic heterocycles. The predicted octanol–water partition coefficient (Wildman–Crippen LogP) is 2.56. The van der Waals surface area contributed by atoms with E-state index in [-0.39, 0.29) is 16.9 Å². The van der Waals surface area contributed by atoms with Gasteiger partial charge in [-0.15, -0.1) is 0 Å². The van der Waals surface area contributed by atoms with Gasteiger partial charge in [0.25, 0.3) is 0 Å². The Balaban J connectivity index is 1.89. The van der Waals surface area contributed by atoms with Crippen LogP contribution in [0.4, 0.5) is 4.79 Å². The Bertz CT molecular complexity index is 444. The molecule has 1 saturated carbocycles. The summed E-state index contributed by atoms with van der Waals surface area (Å²) in [7, 11) is 0. The molecule has 1 aliphatic heterocycles. The Morgan fingerprint density at radius 1 is 1.19 bits per heavy atom. The second-order valence-electron chi connectivity index (χ2n) is 8.07. The molecule has 1 aliphatic carbocycles. The number of carboxylic acids is 1. The zero-order valence-electron chi connectivity index (χ0n) is 13.8. The molecule has 1 heterocycles. The number of hydrogen-bond donors (Lipinski definition) is 2. The summed E-state index contributed by atoms with van der Waals surface area (Å²) in [5.74, 6) is -0.339. The molecule has 0 aromatic rings. The highest BCUT2D eigenvalue weighted by molar-refractivity contribution is 5.78. The van der Waals surface area contributed by atoms with Crippen LogP contribution in [0.15, 0.2) is 0 Å². The third-order valence-electron chi connectivity index (χ3n) is 6.28. The molecular formula is C16H28N2O3. The number of urea groups is 1. The van der Waals surface area contributed by atoms with Crippen LogP contribution in [0.2, 0.25) is 0 Å². The molecule has 0 aromatic carbocycles. The molecule has 0 radical (unpaired) electrons. The number of piperidine rings is 1. The van der Waals surface area contributed by atoms with Gasteiger partial charge in [0, 0.05) is 19.6 Å². The first-order valence-electron chi connectivity index (χ1n) is 7.78. The highest BCUT2D eigenvalue weighted by Gasteiger charge is 2.64. The highest BCUT2D eigenvalue weighted by Crippen LogP contribution is 2.67. The molecule has 2 N–H and O–H groups in total. The van der Waals surface area contributed by atoms with E-state index in [1.165, 1.54) is 0 Å². The quantitative estimate of drug-likeness (QED) is 0.841. The van der Waals surface area contributed by atoms with Gasteiger partial charge in [-0.2, -0.15) is 0 Å². The number of carboxylic acid groups (broad SMARTS) is 1. The molecule has 0 spiro atoms. The van der Waals surface area contributed by atoms with Gasteiger partial charge in [-0.3, -0.25) is 4.79 Å². The van der Waals surface area contributed by atoms with E-state index in [1.807, 2.05) is 0 Å². The van der Waals surface area contributed by atoms with Gasteiger partial charge in [-0.05, 0) is 36.5 Å². The van der Waals surface area contributed by atoms with E-state index in [0.29, 0.717) is 32.0 Å². The van der Waals surface area contributed by atoms with Gasteiger partial charge in [0.15, 0.2) is 0 Å². The number of nitrogens with zero attached hydrogens (tertiary/aromatic N) is 1. The minimum absolute atomic E-state index is 0.124. The van der Waals surface area contributed by atoms with E-state index in [9.17, 15) is 14.7 Å². The van der Waals surface area contributed by atoms with Crippen LogP contribution in [0.1, 0.15) is 47.5 Å². The van der Waals surface area contributed by atoms with Crippen molar-refractivity contribution in [3.8, 4) is 0 Å². The molecule has 21 heavy (non-hydrogen) atoms. The Kier molecular flexibility index (Phi) is 3.75. The van der Waals surface area contributed by atoms with E-state index in [2.05, 4.69) is 33.0 Å². The van der Waals surface area contributed by atoms with Crippen LogP contribution in [-0.2, 0) is 4.79 Å². The van der Waals surface area contributed by atoms with Crippen molar-refractivity contribution in [1.82, 2.24) is 10.2 Å². The van der Waals surface area contributed by atoms with Crippen molar-refractivity contribution in [1.29, 1.82) is 0 Å². The van der Waals surface area contributed by atoms with Crippen LogP contribution in [0.25, 0.3) is 0 Å². The monoisotopic (exact) mass is 296 g/mol. The summed E-state index contributed by atoms with van der Waals surface area (Å²) >= 11 is 0. The van der Waals surface area contributed by atoms with E-state index in [4.69, 9.17) is 0 Å². The number of nitrogens with one attached hydrogen (secondary N) is 1. The second kappa shape index (κ2) is 4.89. The van der Waals surface area contributed by atoms with E-state index in [1.54, 1.807) is 11.8 Å². The lowest BCUT2D eigenvalue weighted by molar-refractivity contribution is -0.150. The minimum Gasteiger partial charge on any atom is -0.481 e. The van der Waals surface area contributed by atoms with Crippen molar-refractivity contribution in [3.05, 3.63) is 0 Å². The standard InChI is InChI=1S/C16H28N2O3/c1-14(2)11(15(14,3)4)9-17-13(21)18-8-6-7-16(5,10-18)12(19)20/h11H,6-10H2,1-5H3,(H,17,21)(H,19,20). The van der Waals surface area contributed by atoms with Crippen molar-refractivity contribution >= 4 is 12.0 Å². The number of hydrogen-bond acceptors (Lipinski definition) is 2. The molecule has 1 atom stereocenters. The molecular weight excluding hydrogens is 268 g/mol. The summed E-state index contributed by atoms with van der Waals surface area (Å²) in [4.78, 5) is 25.3. The van der Waals surface area contributed by atoms with Crippen LogP contribution in [0.3, 0.4) is 0 Å². The van der Waals surface area contributed by atoms with Crippen LogP contribution < -0.4 is 5.32 Å². The number of amides is 2. The number of likely N-dealkylation sites (tertiary alicyclic amines) is 1. The molecule has 5 nitrogen and oxygen atoms in total. The van der Waals surface area contributed by atoms with Crippen molar-refractivity contribution in [2.75, 3.05) is 19.6 Å². The topological polar surface area (TPSA) is 69.6 Å². The highest BCUT2D eigenvalue weighted by atomic mass is 16.4. The summed E-state index contributed by atoms with van der Waals surface area (Å²) in [5.41, 5.74) is -0.316. The molecule has 120 valence electrons. The van der Waals surface area contributed by atoms with Crippen molar-refractivity contribution in [2.24, 2.45) is 22.2 Å². The number of rotatable bonds is 3. The first-order valence-corrected chi connectivity index (χ1v) is 7.78. The lowest BCUT2D eigenvalue weighted by Gasteiger charge is -2.37. The van der Waals surface area contributed by atoms with Gasteiger partial charge in [0.1, 0.15) is 0 Å². The molecule has 1 saturated heterocycles. The number of carbonyl (C=O) groups excluding carboxylic acids is 1. The number of aliphatic carboxylic acids is 1. The Hall–Kier alpha value is -1.26. The summed E-state index contributed by atoms with van der Waals surface area (Å²) in [6, 6.07) is -0.124. The average Bonchev–Trinajstić information content (AvgIpc) is 2.76. The van der Waals surface area contributed by atoms with Gasteiger partial charge in [-0.1, -0.05) is 27.7 Å². The molecule has 1 unspecified atom stereocenters. The van der Waals surface area contributed by atoms with E-state index >= 15 is 0 Å². The third-order valence-corrected chi connectivity index (χ3v) is 6.28. The van der Waals surface area contributed by atoms with Crippen molar-refractivity contribution in [3.63, 3.8) is 0 Å². The summed E-state index contributed by atoms with van der Waals surface area (Å²) < 4.78 is 0. The molecule has 0 bridgehead atoms. The summed E-state index contributed by atoms with van der Waals surface area (Å²) in [6.45, 7) is 12.2. The first kappa shape index (κ1) is 16.1. The zero-order valence-corrected chi connectivity index (χ0v) is 13.8. The fourth-order valence-electron chi connectivity index (χ4n) is 3.73. The number of carbonyl (C=O) groups is 2. The minimum atomic E-state index is -0.815. The Morgan fingerprint density at radius 2 is 1.76 bits per heavy atom. The largest absolute Gasteiger partial charge is 0.481 e. The summed E-state index contributed by atoms with van der Waals surface area (Å²) in [6.07, 6.45) is 1.38. The lowest BCUT2D eigenvalue weighted by Crippen LogP contribution is -2.51. The van der Waals surface area contributed by atoms with Crippen LogP contribution in [0, 0.1) is 22.2 Å². The Morgan fingerprint density at radius 3 is 2.24 bits per heavy atom. The van der Waals surface area contributed by atoms with Crippen LogP contribution in [0.5, 0.6) is 0 Å². The van der Waals surface area contributed by atoms with Gasteiger partial charge in [-0.25, -0.2) is 4.79 Å². The second-order valence-corrected chi connectivity index (χ2v) is 8.07. The summed E-state index contributed by atoms with van der Waals surface area (Å²) in [5, 5.41) is 12.3. The molecule has 2 aliphatic rings. The van der Waals surface area contributed by atoms with Gasteiger partial charge in [0.2, 0.25) is 0 Å². The fraction of sp³-hybridized carbons (Fsp3) is 0.875. The maximum absolute atomic E-state index is 12.3. The lowest BCUT2D eigenvalue weighted by atomic mass is 9.82. The molecule has 5 heteroatoms. The third kappa shape index (κ3) is 2.62. The molecule has 2 rings (SSSR count). The van der Waals surface area contributed by atoms with Gasteiger partial charge < -0.3 is 15.3 Å². The molecule has 2 amide bonds. The SMILES string of the molecule is CC1(C(=O)O)CCCN(C(=O)NCC2C(C)(C)C2(C)C)C1. The average molecular weight is 296 g/mol. The van der Waals surface area contributed by atoms with E-state index in [0.717, 1.165) is 6.42 Å². The maximum Gasteiger partial charge on any atom is 0.317 e. The van der Waals surface area contributed by atoms with E-state index < -0.39 is 11.4 Å². The smallest absolute Gasteiger partial charge is 0.317 e. The van der Waals surface area contributed by atoms with Gasteiger partial charge >= 0.3 is 12.0 Å². The van der Waals surface area contributed by atoms with Crippen molar-refractivity contribution < 1.29 is 14.7 Å². The van der Waals surface area contributed by atoms with Crippen molar-refractivity contribution in [2.45, 2.75) is 47.5 Å². The Labute approximate surface area is 127 Å². The maximum atomic E-state index is 12.3. The zero-order chi connectivity index (χ0) is 16.1.